The minimum atomic E-state index is -2.19. The SMILES string of the molecule is COC(=O)[C@H]1[C@@H](O)[C@@]2(O)c3c(C)cc(OC4O[C@@H](CCNC(=O)OCc5ccc(NC(=O)[C@H](CCCNC(N)=O)CC(=O)C6(C(=O)CCCCCCN7C(=O)C=CC7=O)CCC6)cc5)CO[C@H]4OC)cc3O[C@@]2(c2ccc(OC)cc2)[C@@H]1c1ccccc1. The number of unbranched alkanes of at least 4 members (excludes halogenated alkanes) is 3. The summed E-state index contributed by atoms with van der Waals surface area (Å²) in [6.45, 7) is 2.36. The van der Waals surface area contributed by atoms with Gasteiger partial charge < -0.3 is 69.8 Å². The summed E-state index contributed by atoms with van der Waals surface area (Å²) < 4.78 is 47.6. The molecule has 0 spiro atoms. The summed E-state index contributed by atoms with van der Waals surface area (Å²) >= 11 is 0. The molecule has 2 saturated carbocycles. The summed E-state index contributed by atoms with van der Waals surface area (Å²) in [7, 11) is 4.21. The summed E-state index contributed by atoms with van der Waals surface area (Å²) in [4.78, 5) is 104. The van der Waals surface area contributed by atoms with Crippen LogP contribution in [0.3, 0.4) is 0 Å². The first-order chi connectivity index (χ1) is 42.4. The maximum Gasteiger partial charge on any atom is 0.407 e. The zero-order valence-electron chi connectivity index (χ0n) is 49.8. The number of fused-ring (bicyclic) bond motifs is 3. The third-order valence-corrected chi connectivity index (χ3v) is 17.6. The van der Waals surface area contributed by atoms with Crippen molar-refractivity contribution in [1.29, 1.82) is 0 Å². The molecule has 3 heterocycles. The Morgan fingerprint density at radius 2 is 1.53 bits per heavy atom. The van der Waals surface area contributed by atoms with Crippen molar-refractivity contribution < 1.29 is 86.5 Å². The smallest absolute Gasteiger partial charge is 0.407 e. The number of esters is 1. The number of carbonyl (C=O) groups excluding carboxylic acids is 8. The summed E-state index contributed by atoms with van der Waals surface area (Å²) in [6.07, 6.45) is 2.44. The van der Waals surface area contributed by atoms with Gasteiger partial charge in [0.15, 0.2) is 11.2 Å². The predicted molar refractivity (Wildman–Crippen MR) is 315 cm³/mol. The Kier molecular flexibility index (Phi) is 20.7. The van der Waals surface area contributed by atoms with Gasteiger partial charge in [-0.05, 0) is 104 Å². The number of aliphatic hydroxyl groups excluding tert-OH is 1. The van der Waals surface area contributed by atoms with Crippen molar-refractivity contribution in [3.63, 3.8) is 0 Å². The number of ketones is 2. The molecule has 5 aliphatic rings. The molecule has 1 unspecified atom stereocenters. The number of nitrogens with zero attached hydrogens (tertiary/aromatic N) is 1. The molecule has 0 radical (unpaired) electrons. The number of alkyl carbamates (subject to hydrolysis) is 1. The highest BCUT2D eigenvalue weighted by atomic mass is 16.8. The van der Waals surface area contributed by atoms with E-state index in [1.54, 1.807) is 79.7 Å². The lowest BCUT2D eigenvalue weighted by Gasteiger charge is -2.41. The highest BCUT2D eigenvalue weighted by Gasteiger charge is 2.78. The largest absolute Gasteiger partial charge is 0.497 e. The lowest BCUT2D eigenvalue weighted by molar-refractivity contribution is -0.312. The van der Waals surface area contributed by atoms with Crippen LogP contribution in [0.25, 0.3) is 0 Å². The fourth-order valence-electron chi connectivity index (χ4n) is 12.9. The second kappa shape index (κ2) is 28.3. The molecule has 9 rings (SSSR count). The van der Waals surface area contributed by atoms with Crippen LogP contribution in [0.4, 0.5) is 15.3 Å². The quantitative estimate of drug-likeness (QED) is 0.0148. The average molecular weight is 1220 g/mol. The minimum Gasteiger partial charge on any atom is -0.497 e. The van der Waals surface area contributed by atoms with E-state index in [1.807, 2.05) is 18.2 Å². The number of nitrogens with two attached hydrogens (primary N) is 1. The molecule has 3 fully saturated rings. The van der Waals surface area contributed by atoms with Gasteiger partial charge >= 0.3 is 18.1 Å². The van der Waals surface area contributed by atoms with E-state index in [1.165, 1.54) is 38.4 Å². The molecule has 0 aromatic heterocycles. The van der Waals surface area contributed by atoms with Gasteiger partial charge in [0.1, 0.15) is 41.5 Å². The van der Waals surface area contributed by atoms with Crippen LogP contribution in [0.1, 0.15) is 111 Å². The molecule has 23 nitrogen and oxygen atoms in total. The molecule has 470 valence electrons. The van der Waals surface area contributed by atoms with Crippen molar-refractivity contribution in [2.45, 2.75) is 132 Å². The van der Waals surface area contributed by atoms with Gasteiger partial charge in [0.05, 0.1) is 38.3 Å². The number of hydrogen-bond donors (Lipinski definition) is 6. The summed E-state index contributed by atoms with van der Waals surface area (Å²) in [6, 6.07) is 25.1. The van der Waals surface area contributed by atoms with Crippen molar-refractivity contribution in [1.82, 2.24) is 15.5 Å². The number of hydrogen-bond acceptors (Lipinski definition) is 18. The lowest BCUT2D eigenvalue weighted by Crippen LogP contribution is -2.52. The number of methoxy groups -OCH3 is 3. The van der Waals surface area contributed by atoms with Gasteiger partial charge in [0, 0.05) is 80.9 Å². The number of Topliss-reactive ketones (excluding diaryl/α,β-unsaturated/α-hetero) is 2. The number of aliphatic hydroxyl groups is 2. The number of aryl methyl sites for hydroxylation is 1. The van der Waals surface area contributed by atoms with Gasteiger partial charge in [0.2, 0.25) is 12.2 Å². The molecule has 4 aromatic rings. The van der Waals surface area contributed by atoms with Crippen molar-refractivity contribution in [3.05, 3.63) is 131 Å². The minimum absolute atomic E-state index is 0.100. The molecule has 0 bridgehead atoms. The Morgan fingerprint density at radius 1 is 0.818 bits per heavy atom. The fraction of sp³-hybridized carbons (Fsp3) is 0.477. The Balaban J connectivity index is 0.767. The van der Waals surface area contributed by atoms with Crippen LogP contribution in [-0.2, 0) is 70.3 Å². The summed E-state index contributed by atoms with van der Waals surface area (Å²) in [5, 5.41) is 33.7. The van der Waals surface area contributed by atoms with Crippen LogP contribution in [0, 0.1) is 24.2 Å². The summed E-state index contributed by atoms with van der Waals surface area (Å²) in [5.74, 6) is -4.26. The molecular formula is C65H77N5O18. The van der Waals surface area contributed by atoms with Crippen LogP contribution < -0.4 is 35.9 Å². The van der Waals surface area contributed by atoms with Gasteiger partial charge in [-0.2, -0.15) is 0 Å². The Bertz CT molecular complexity index is 3210. The number of anilines is 1. The third-order valence-electron chi connectivity index (χ3n) is 17.6. The molecule has 2 aliphatic carbocycles. The lowest BCUT2D eigenvalue weighted by atomic mass is 9.61. The number of carbonyl (C=O) groups is 8. The fourth-order valence-corrected chi connectivity index (χ4v) is 12.9. The van der Waals surface area contributed by atoms with Gasteiger partial charge in [-0.15, -0.1) is 0 Å². The Morgan fingerprint density at radius 3 is 2.19 bits per heavy atom. The Labute approximate surface area is 509 Å². The van der Waals surface area contributed by atoms with E-state index < -0.39 is 83.2 Å². The number of nitrogens with one attached hydrogen (secondary N) is 3. The van der Waals surface area contributed by atoms with E-state index in [0.717, 1.165) is 0 Å². The third kappa shape index (κ3) is 13.4. The van der Waals surface area contributed by atoms with Crippen molar-refractivity contribution in [2.75, 3.05) is 52.9 Å². The topological polar surface area (TPSA) is 316 Å². The molecule has 3 aliphatic heterocycles. The maximum atomic E-state index is 14.0. The first kappa shape index (κ1) is 64.3. The number of imide groups is 1. The predicted octanol–water partition coefficient (Wildman–Crippen LogP) is 6.41. The molecule has 7 N–H and O–H groups in total. The van der Waals surface area contributed by atoms with Gasteiger partial charge in [-0.25, -0.2) is 9.59 Å². The van der Waals surface area contributed by atoms with E-state index in [4.69, 9.17) is 43.6 Å². The number of amides is 6. The molecule has 88 heavy (non-hydrogen) atoms. The average Bonchev–Trinajstić information content (AvgIpc) is 1.51. The highest BCUT2D eigenvalue weighted by molar-refractivity contribution is 6.13. The van der Waals surface area contributed by atoms with Crippen LogP contribution >= 0.6 is 0 Å². The molecule has 23 heteroatoms. The number of primary amides is 1. The molecular weight excluding hydrogens is 1140 g/mol. The van der Waals surface area contributed by atoms with Crippen LogP contribution in [0.15, 0.2) is 103 Å². The van der Waals surface area contributed by atoms with Crippen molar-refractivity contribution >= 4 is 53.1 Å². The van der Waals surface area contributed by atoms with E-state index in [-0.39, 0.29) is 92.4 Å². The molecule has 4 aromatic carbocycles. The second-order valence-corrected chi connectivity index (χ2v) is 22.9. The molecule has 9 atom stereocenters. The van der Waals surface area contributed by atoms with Crippen molar-refractivity contribution in [3.8, 4) is 17.2 Å². The molecule has 1 saturated heterocycles. The highest BCUT2D eigenvalue weighted by Crippen LogP contribution is 2.69. The van der Waals surface area contributed by atoms with Gasteiger partial charge in [0.25, 0.3) is 18.1 Å². The maximum absolute atomic E-state index is 14.0. The first-order valence-electron chi connectivity index (χ1n) is 29.8. The van der Waals surface area contributed by atoms with Crippen LogP contribution in [0.5, 0.6) is 17.2 Å². The van der Waals surface area contributed by atoms with Gasteiger partial charge in [-0.3, -0.25) is 33.7 Å². The number of rotatable bonds is 29. The van der Waals surface area contributed by atoms with Crippen LogP contribution in [0.2, 0.25) is 0 Å². The van der Waals surface area contributed by atoms with E-state index in [0.29, 0.717) is 91.6 Å². The number of ether oxygens (including phenoxy) is 8. The van der Waals surface area contributed by atoms with E-state index in [9.17, 15) is 48.6 Å². The van der Waals surface area contributed by atoms with Gasteiger partial charge in [-0.1, -0.05) is 73.9 Å². The monoisotopic (exact) mass is 1220 g/mol. The van der Waals surface area contributed by atoms with E-state index in [2.05, 4.69) is 16.0 Å². The summed E-state index contributed by atoms with van der Waals surface area (Å²) in [5.41, 5.74) is 3.02. The molecule has 6 amide bonds. The van der Waals surface area contributed by atoms with E-state index >= 15 is 0 Å². The van der Waals surface area contributed by atoms with Crippen molar-refractivity contribution in [2.24, 2.45) is 23.0 Å². The second-order valence-electron chi connectivity index (χ2n) is 22.9. The zero-order chi connectivity index (χ0) is 62.8. The normalized spacial score (nSPS) is 24.2. The number of urea groups is 1. The van der Waals surface area contributed by atoms with Crippen LogP contribution in [-0.4, -0.2) is 135 Å². The Hall–Kier alpha value is -8.22. The number of benzene rings is 4. The standard InChI is InChI=1S/C65H77N5O18/c1-39-34-47(36-48-54(39)64(80)56(75)53(58(77)82-3)55(41-14-8-7-9-15-41)65(64,88-48)43-20-24-45(81-2)25-21-43)87-60-59(83-4)84-38-46(86-60)28-32-68-62(79)85-37-40-18-22-44(23-19-40)69-57(76)42(16-12-31-67-61(66)78)35-50(72)63(29-13-30-63)49(71)17-10-5-6-11-33-70-51(73)26-27-52(70)74/h7-9,14-15,18-27,34,36,42,46,53,55-56,59-60,75,80H,5-6,10-13,16-17,28-33,35,37-38H2,1-4H3,(H,68,79)(H,69,76)(H3,66,67,78)/t42-,46+,53-,55-,56-,59-,60?,64+,65+/m1/s1. The zero-order valence-corrected chi connectivity index (χ0v) is 49.8. The first-order valence-corrected chi connectivity index (χ1v) is 29.8.